The van der Waals surface area contributed by atoms with Crippen LogP contribution in [0.2, 0.25) is 0 Å². The van der Waals surface area contributed by atoms with Gasteiger partial charge in [-0.1, -0.05) is 12.1 Å². The number of carbonyl (C=O) groups is 2. The molecule has 3 unspecified atom stereocenters. The number of ketones is 2. The molecule has 0 fully saturated rings. The van der Waals surface area contributed by atoms with Gasteiger partial charge in [0.25, 0.3) is 0 Å². The number of carbonyl (C=O) groups excluding carboxylic acids is 2. The third-order valence-corrected chi connectivity index (χ3v) is 4.63. The molecule has 116 valence electrons. The quantitative estimate of drug-likeness (QED) is 0.523. The molecular formula is C17H14N2O4. The van der Waals surface area contributed by atoms with Gasteiger partial charge in [0.2, 0.25) is 0 Å². The normalized spacial score (nSPS) is 25.0. The second-order valence-electron chi connectivity index (χ2n) is 5.93. The van der Waals surface area contributed by atoms with E-state index in [2.05, 4.69) is 0 Å². The summed E-state index contributed by atoms with van der Waals surface area (Å²) in [5.74, 6) is -2.21. The van der Waals surface area contributed by atoms with E-state index < -0.39 is 29.7 Å². The second-order valence-corrected chi connectivity index (χ2v) is 5.93. The lowest BCUT2D eigenvalue weighted by Gasteiger charge is -2.16. The summed E-state index contributed by atoms with van der Waals surface area (Å²) in [7, 11) is 0. The van der Waals surface area contributed by atoms with Crippen molar-refractivity contribution in [2.75, 3.05) is 11.5 Å². The second kappa shape index (κ2) is 4.41. The number of nitrogens with two attached hydrogens (primary N) is 2. The van der Waals surface area contributed by atoms with E-state index in [4.69, 9.17) is 11.5 Å². The summed E-state index contributed by atoms with van der Waals surface area (Å²) in [6.45, 7) is 0. The topological polar surface area (TPSA) is 127 Å². The van der Waals surface area contributed by atoms with E-state index in [9.17, 15) is 19.8 Å². The molecule has 0 saturated heterocycles. The summed E-state index contributed by atoms with van der Waals surface area (Å²) in [4.78, 5) is 25.2. The monoisotopic (exact) mass is 310 g/mol. The fraction of sp³-hybridized carbons (Fsp3) is 0.176. The highest BCUT2D eigenvalue weighted by Gasteiger charge is 2.47. The van der Waals surface area contributed by atoms with Gasteiger partial charge in [-0.2, -0.15) is 0 Å². The number of hydrogen-bond acceptors (Lipinski definition) is 6. The summed E-state index contributed by atoms with van der Waals surface area (Å²) >= 11 is 0. The minimum Gasteiger partial charge on any atom is -0.399 e. The van der Waals surface area contributed by atoms with Gasteiger partial charge in [-0.25, -0.2) is 0 Å². The summed E-state index contributed by atoms with van der Waals surface area (Å²) in [5, 5.41) is 20.1. The standard InChI is InChI=1S/C17H14N2O4/c18-6-1-2-7-8-3-4-10(19)13-11(8)12(9(7)5-6)14(20)16(22)17(23)15(13)21/h1-5,12,16-17,22-23H,18-19H2. The van der Waals surface area contributed by atoms with Crippen LogP contribution < -0.4 is 11.5 Å². The van der Waals surface area contributed by atoms with Crippen LogP contribution in [0.4, 0.5) is 11.4 Å². The minimum atomic E-state index is -1.81. The van der Waals surface area contributed by atoms with Gasteiger partial charge in [0.15, 0.2) is 11.6 Å². The summed E-state index contributed by atoms with van der Waals surface area (Å²) < 4.78 is 0. The molecule has 0 bridgehead atoms. The largest absolute Gasteiger partial charge is 0.399 e. The molecule has 2 aromatic carbocycles. The minimum absolute atomic E-state index is 0.111. The third-order valence-electron chi connectivity index (χ3n) is 4.63. The number of aliphatic hydroxyl groups is 2. The predicted octanol–water partition coefficient (Wildman–Crippen LogP) is 0.450. The van der Waals surface area contributed by atoms with Gasteiger partial charge in [-0.15, -0.1) is 0 Å². The number of hydrogen-bond donors (Lipinski definition) is 4. The van der Waals surface area contributed by atoms with Gasteiger partial charge in [0, 0.05) is 16.9 Å². The summed E-state index contributed by atoms with van der Waals surface area (Å²) in [6.07, 6.45) is -3.61. The SMILES string of the molecule is Nc1ccc2c(c1)C1C(=O)C(O)C(O)C(=O)c3c(N)ccc-2c31. The predicted molar refractivity (Wildman–Crippen MR) is 83.9 cm³/mol. The zero-order chi connectivity index (χ0) is 16.5. The van der Waals surface area contributed by atoms with E-state index in [0.717, 1.165) is 5.56 Å². The number of nitrogen functional groups attached to an aromatic ring is 2. The summed E-state index contributed by atoms with van der Waals surface area (Å²) in [5.41, 5.74) is 15.1. The van der Waals surface area contributed by atoms with E-state index in [1.165, 1.54) is 0 Å². The molecule has 2 aromatic rings. The molecule has 6 heteroatoms. The molecular weight excluding hydrogens is 296 g/mol. The van der Waals surface area contributed by atoms with E-state index in [0.29, 0.717) is 22.4 Å². The Morgan fingerprint density at radius 1 is 0.913 bits per heavy atom. The first kappa shape index (κ1) is 13.9. The van der Waals surface area contributed by atoms with E-state index in [1.807, 2.05) is 0 Å². The maximum absolute atomic E-state index is 12.7. The highest BCUT2D eigenvalue weighted by molar-refractivity contribution is 6.16. The maximum Gasteiger partial charge on any atom is 0.196 e. The molecule has 3 atom stereocenters. The van der Waals surface area contributed by atoms with Crippen LogP contribution >= 0.6 is 0 Å². The highest BCUT2D eigenvalue weighted by Crippen LogP contribution is 2.50. The molecule has 0 spiro atoms. The smallest absolute Gasteiger partial charge is 0.196 e. The Labute approximate surface area is 131 Å². The van der Waals surface area contributed by atoms with Crippen molar-refractivity contribution in [3.8, 4) is 11.1 Å². The zero-order valence-electron chi connectivity index (χ0n) is 12.0. The van der Waals surface area contributed by atoms with Crippen molar-refractivity contribution in [1.82, 2.24) is 0 Å². The van der Waals surface area contributed by atoms with Crippen LogP contribution in [0, 0.1) is 0 Å². The summed E-state index contributed by atoms with van der Waals surface area (Å²) in [6, 6.07) is 8.47. The molecule has 0 heterocycles. The van der Waals surface area contributed by atoms with Crippen molar-refractivity contribution in [3.63, 3.8) is 0 Å². The number of fused-ring (bicyclic) bond motifs is 3. The average molecular weight is 310 g/mol. The molecule has 6 N–H and O–H groups in total. The van der Waals surface area contributed by atoms with Crippen LogP contribution in [0.15, 0.2) is 30.3 Å². The molecule has 4 rings (SSSR count). The van der Waals surface area contributed by atoms with Crippen molar-refractivity contribution in [3.05, 3.63) is 47.0 Å². The Bertz CT molecular complexity index is 890. The first-order chi connectivity index (χ1) is 10.9. The van der Waals surface area contributed by atoms with Crippen LogP contribution in [0.3, 0.4) is 0 Å². The van der Waals surface area contributed by atoms with Gasteiger partial charge in [-0.05, 0) is 40.5 Å². The van der Waals surface area contributed by atoms with Crippen LogP contribution in [-0.2, 0) is 4.79 Å². The van der Waals surface area contributed by atoms with E-state index in [1.54, 1.807) is 30.3 Å². The van der Waals surface area contributed by atoms with Crippen LogP contribution in [0.25, 0.3) is 11.1 Å². The van der Waals surface area contributed by atoms with Gasteiger partial charge in [0.1, 0.15) is 12.2 Å². The van der Waals surface area contributed by atoms with Crippen molar-refractivity contribution < 1.29 is 19.8 Å². The highest BCUT2D eigenvalue weighted by atomic mass is 16.3. The first-order valence-corrected chi connectivity index (χ1v) is 7.18. The van der Waals surface area contributed by atoms with Gasteiger partial charge < -0.3 is 21.7 Å². The Kier molecular flexibility index (Phi) is 2.67. The third kappa shape index (κ3) is 1.64. The Balaban J connectivity index is 2.13. The molecule has 23 heavy (non-hydrogen) atoms. The Morgan fingerprint density at radius 3 is 2.35 bits per heavy atom. The van der Waals surface area contributed by atoms with Gasteiger partial charge in [-0.3, -0.25) is 9.59 Å². The van der Waals surface area contributed by atoms with E-state index in [-0.39, 0.29) is 11.3 Å². The van der Waals surface area contributed by atoms with Crippen LogP contribution in [0.1, 0.15) is 27.4 Å². The fourth-order valence-electron chi connectivity index (χ4n) is 3.58. The van der Waals surface area contributed by atoms with Crippen molar-refractivity contribution in [1.29, 1.82) is 0 Å². The Hall–Kier alpha value is -2.70. The Morgan fingerprint density at radius 2 is 1.61 bits per heavy atom. The number of benzene rings is 2. The molecule has 0 radical (unpaired) electrons. The molecule has 0 aromatic heterocycles. The molecule has 6 nitrogen and oxygen atoms in total. The lowest BCUT2D eigenvalue weighted by atomic mass is 9.89. The van der Waals surface area contributed by atoms with Gasteiger partial charge >= 0.3 is 0 Å². The van der Waals surface area contributed by atoms with Crippen molar-refractivity contribution in [2.45, 2.75) is 18.1 Å². The lowest BCUT2D eigenvalue weighted by Crippen LogP contribution is -2.39. The van der Waals surface area contributed by atoms with Crippen LogP contribution in [-0.4, -0.2) is 34.0 Å². The average Bonchev–Trinajstić information content (AvgIpc) is 2.81. The molecule has 2 aliphatic rings. The fourth-order valence-corrected chi connectivity index (χ4v) is 3.58. The molecule has 2 aliphatic carbocycles. The lowest BCUT2D eigenvalue weighted by molar-refractivity contribution is -0.131. The number of aliphatic hydroxyl groups excluding tert-OH is 2. The van der Waals surface area contributed by atoms with Crippen molar-refractivity contribution in [2.24, 2.45) is 0 Å². The first-order valence-electron chi connectivity index (χ1n) is 7.18. The molecule has 0 saturated carbocycles. The maximum atomic E-state index is 12.7. The molecule has 0 amide bonds. The number of rotatable bonds is 0. The van der Waals surface area contributed by atoms with Crippen LogP contribution in [0.5, 0.6) is 0 Å². The number of Topliss-reactive ketones (excluding diaryl/α,β-unsaturated/α-hetero) is 2. The number of anilines is 2. The molecule has 0 aliphatic heterocycles. The zero-order valence-corrected chi connectivity index (χ0v) is 12.0. The van der Waals surface area contributed by atoms with Crippen molar-refractivity contribution >= 4 is 22.9 Å². The van der Waals surface area contributed by atoms with Gasteiger partial charge in [0.05, 0.1) is 5.92 Å². The van der Waals surface area contributed by atoms with E-state index >= 15 is 0 Å².